The minimum atomic E-state index is -4.19. The fraction of sp³-hybridized carbons (Fsp3) is 0.0455. The molecule has 140 valence electrons. The van der Waals surface area contributed by atoms with E-state index in [1.807, 2.05) is 30.3 Å². The number of H-pyrrole nitrogens is 1. The summed E-state index contributed by atoms with van der Waals surface area (Å²) >= 11 is 0. The first-order valence-electron chi connectivity index (χ1n) is 8.61. The molecular weight excluding hydrogens is 374 g/mol. The molecule has 28 heavy (non-hydrogen) atoms. The third-order valence-electron chi connectivity index (χ3n) is 4.56. The summed E-state index contributed by atoms with van der Waals surface area (Å²) in [5.41, 5.74) is 2.13. The molecule has 0 amide bonds. The van der Waals surface area contributed by atoms with Crippen LogP contribution < -0.4 is 4.74 Å². The largest absolute Gasteiger partial charge is 0.497 e. The van der Waals surface area contributed by atoms with Crippen LogP contribution in [0.4, 0.5) is 0 Å². The number of methoxy groups -OCH3 is 1. The molecule has 4 aromatic rings. The number of fused-ring (bicyclic) bond motifs is 1. The predicted molar refractivity (Wildman–Crippen MR) is 108 cm³/mol. The number of aromatic nitrogens is 1. The van der Waals surface area contributed by atoms with E-state index in [0.29, 0.717) is 17.0 Å². The molecular formula is C22H17NO4S. The average Bonchev–Trinajstić information content (AvgIpc) is 3.17. The summed E-state index contributed by atoms with van der Waals surface area (Å²) < 4.78 is 31.0. The van der Waals surface area contributed by atoms with E-state index in [1.165, 1.54) is 25.3 Å². The number of nitrogens with one attached hydrogen (secondary N) is 1. The smallest absolute Gasteiger partial charge is 0.282 e. The minimum absolute atomic E-state index is 0.0367. The van der Waals surface area contributed by atoms with Crippen molar-refractivity contribution in [1.29, 1.82) is 0 Å². The fourth-order valence-electron chi connectivity index (χ4n) is 3.12. The van der Waals surface area contributed by atoms with E-state index < -0.39 is 15.0 Å². The molecule has 0 saturated carbocycles. The number of aromatic amines is 1. The molecule has 0 saturated heterocycles. The molecule has 0 aliphatic heterocycles. The SMILES string of the molecule is COc1ccc(-c2cc3ccccc3[nH]2)c(C(=O)S(=O)(=O)c2ccccc2)c1. The van der Waals surface area contributed by atoms with Crippen LogP contribution >= 0.6 is 0 Å². The third-order valence-corrected chi connectivity index (χ3v) is 6.17. The maximum atomic E-state index is 13.1. The van der Waals surface area contributed by atoms with E-state index in [2.05, 4.69) is 4.98 Å². The molecule has 0 atom stereocenters. The van der Waals surface area contributed by atoms with E-state index in [-0.39, 0.29) is 10.5 Å². The molecule has 0 aliphatic carbocycles. The third kappa shape index (κ3) is 3.08. The zero-order valence-corrected chi connectivity index (χ0v) is 15.9. The second kappa shape index (κ2) is 6.98. The van der Waals surface area contributed by atoms with E-state index in [4.69, 9.17) is 4.74 Å². The molecule has 6 heteroatoms. The molecule has 0 bridgehead atoms. The van der Waals surface area contributed by atoms with E-state index in [0.717, 1.165) is 10.9 Å². The number of ether oxygens (including phenoxy) is 1. The number of hydrogen-bond donors (Lipinski definition) is 1. The van der Waals surface area contributed by atoms with E-state index in [9.17, 15) is 13.2 Å². The van der Waals surface area contributed by atoms with Gasteiger partial charge >= 0.3 is 0 Å². The van der Waals surface area contributed by atoms with Gasteiger partial charge in [-0.2, -0.15) is 0 Å². The van der Waals surface area contributed by atoms with Gasteiger partial charge in [0.2, 0.25) is 9.84 Å². The van der Waals surface area contributed by atoms with Crippen molar-refractivity contribution in [3.8, 4) is 17.0 Å². The van der Waals surface area contributed by atoms with Crippen LogP contribution in [0.2, 0.25) is 0 Å². The van der Waals surface area contributed by atoms with Gasteiger partial charge in [0.1, 0.15) is 5.75 Å². The normalized spacial score (nSPS) is 11.5. The molecule has 3 aromatic carbocycles. The van der Waals surface area contributed by atoms with E-state index in [1.54, 1.807) is 30.3 Å². The Bertz CT molecular complexity index is 1240. The lowest BCUT2D eigenvalue weighted by atomic mass is 10.0. The molecule has 1 heterocycles. The van der Waals surface area contributed by atoms with Gasteiger partial charge in [-0.1, -0.05) is 36.4 Å². The van der Waals surface area contributed by atoms with Gasteiger partial charge in [-0.15, -0.1) is 0 Å². The Kier molecular flexibility index (Phi) is 4.49. The van der Waals surface area contributed by atoms with Gasteiger partial charge in [0.05, 0.1) is 12.0 Å². The van der Waals surface area contributed by atoms with Crippen LogP contribution in [-0.4, -0.2) is 25.6 Å². The number of carbonyl (C=O) groups excluding carboxylic acids is 1. The molecule has 1 N–H and O–H groups in total. The van der Waals surface area contributed by atoms with Crippen molar-refractivity contribution in [2.75, 3.05) is 7.11 Å². The predicted octanol–water partition coefficient (Wildman–Crippen LogP) is 4.46. The standard InChI is InChI=1S/C22H17NO4S/c1-27-16-11-12-18(21-13-15-7-5-6-10-20(15)23-21)19(14-16)22(24)28(25,26)17-8-3-2-4-9-17/h2-14,23H,1H3. The number of para-hydroxylation sites is 1. The highest BCUT2D eigenvalue weighted by Crippen LogP contribution is 2.32. The lowest BCUT2D eigenvalue weighted by Crippen LogP contribution is -2.16. The summed E-state index contributed by atoms with van der Waals surface area (Å²) in [6.45, 7) is 0. The van der Waals surface area contributed by atoms with Crippen molar-refractivity contribution in [3.63, 3.8) is 0 Å². The van der Waals surface area contributed by atoms with Crippen LogP contribution in [0.3, 0.4) is 0 Å². The van der Waals surface area contributed by atoms with Gasteiger partial charge in [-0.25, -0.2) is 8.42 Å². The first-order chi connectivity index (χ1) is 13.5. The van der Waals surface area contributed by atoms with Crippen LogP contribution in [0, 0.1) is 0 Å². The molecule has 0 spiro atoms. The Morgan fingerprint density at radius 1 is 0.893 bits per heavy atom. The molecule has 0 unspecified atom stereocenters. The van der Waals surface area contributed by atoms with Crippen molar-refractivity contribution in [2.24, 2.45) is 0 Å². The number of benzene rings is 3. The molecule has 0 fully saturated rings. The topological polar surface area (TPSA) is 76.2 Å². The Hall–Kier alpha value is -3.38. The minimum Gasteiger partial charge on any atom is -0.497 e. The van der Waals surface area contributed by atoms with Gasteiger partial charge in [-0.05, 0) is 42.5 Å². The van der Waals surface area contributed by atoms with Crippen molar-refractivity contribution >= 4 is 25.9 Å². The first kappa shape index (κ1) is 18.0. The van der Waals surface area contributed by atoms with Gasteiger partial charge in [0.15, 0.2) is 0 Å². The summed E-state index contributed by atoms with van der Waals surface area (Å²) in [4.78, 5) is 16.3. The maximum Gasteiger partial charge on any atom is 0.282 e. The monoisotopic (exact) mass is 391 g/mol. The molecule has 5 nitrogen and oxygen atoms in total. The molecule has 0 aliphatic rings. The van der Waals surface area contributed by atoms with Crippen LogP contribution in [-0.2, 0) is 9.84 Å². The number of carbonyl (C=O) groups is 1. The van der Waals surface area contributed by atoms with Crippen molar-refractivity contribution < 1.29 is 17.9 Å². The highest BCUT2D eigenvalue weighted by molar-refractivity contribution is 8.06. The second-order valence-corrected chi connectivity index (χ2v) is 8.13. The van der Waals surface area contributed by atoms with Crippen molar-refractivity contribution in [3.05, 3.63) is 84.4 Å². The van der Waals surface area contributed by atoms with Crippen LogP contribution in [0.5, 0.6) is 5.75 Å². The molecule has 4 rings (SSSR count). The molecule has 0 radical (unpaired) electrons. The zero-order chi connectivity index (χ0) is 19.7. The fourth-order valence-corrected chi connectivity index (χ4v) is 4.31. The Morgan fingerprint density at radius 3 is 2.32 bits per heavy atom. The van der Waals surface area contributed by atoms with E-state index >= 15 is 0 Å². The average molecular weight is 391 g/mol. The zero-order valence-electron chi connectivity index (χ0n) is 15.0. The van der Waals surface area contributed by atoms with Crippen LogP contribution in [0.25, 0.3) is 22.2 Å². The Labute approximate surface area is 162 Å². The summed E-state index contributed by atoms with van der Waals surface area (Å²) in [7, 11) is -2.72. The van der Waals surface area contributed by atoms with Gasteiger partial charge in [0, 0.05) is 27.7 Å². The summed E-state index contributed by atoms with van der Waals surface area (Å²) in [6.07, 6.45) is 0. The first-order valence-corrected chi connectivity index (χ1v) is 10.1. The Balaban J connectivity index is 1.89. The maximum absolute atomic E-state index is 13.1. The number of rotatable bonds is 4. The van der Waals surface area contributed by atoms with Gasteiger partial charge in [-0.3, -0.25) is 4.79 Å². The molecule has 1 aromatic heterocycles. The number of sulfone groups is 1. The van der Waals surface area contributed by atoms with Crippen molar-refractivity contribution in [1.82, 2.24) is 4.98 Å². The van der Waals surface area contributed by atoms with Crippen molar-refractivity contribution in [2.45, 2.75) is 4.90 Å². The lowest BCUT2D eigenvalue weighted by molar-refractivity contribution is 0.107. The van der Waals surface area contributed by atoms with Crippen LogP contribution in [0.15, 0.2) is 83.8 Å². The number of hydrogen-bond acceptors (Lipinski definition) is 4. The summed E-state index contributed by atoms with van der Waals surface area (Å²) in [5.74, 6) is 0.409. The second-order valence-electron chi connectivity index (χ2n) is 6.29. The lowest BCUT2D eigenvalue weighted by Gasteiger charge is -2.10. The highest BCUT2D eigenvalue weighted by atomic mass is 32.2. The van der Waals surface area contributed by atoms with Gasteiger partial charge in [0.25, 0.3) is 5.12 Å². The summed E-state index contributed by atoms with van der Waals surface area (Å²) in [5, 5.41) is 0.00360. The quantitative estimate of drug-likeness (QED) is 0.557. The summed E-state index contributed by atoms with van der Waals surface area (Å²) in [6, 6.07) is 22.1. The van der Waals surface area contributed by atoms with Gasteiger partial charge < -0.3 is 9.72 Å². The Morgan fingerprint density at radius 2 is 1.61 bits per heavy atom. The van der Waals surface area contributed by atoms with Crippen LogP contribution in [0.1, 0.15) is 10.4 Å². The highest BCUT2D eigenvalue weighted by Gasteiger charge is 2.29.